The van der Waals surface area contributed by atoms with E-state index in [4.69, 9.17) is 0 Å². The Morgan fingerprint density at radius 3 is 2.32 bits per heavy atom. The van der Waals surface area contributed by atoms with Crippen molar-refractivity contribution in [2.45, 2.75) is 84.2 Å². The lowest BCUT2D eigenvalue weighted by Crippen LogP contribution is -2.52. The lowest BCUT2D eigenvalue weighted by Gasteiger charge is -2.32. The van der Waals surface area contributed by atoms with Gasteiger partial charge in [-0.1, -0.05) is 62.2 Å². The average Bonchev–Trinajstić information content (AvgIpc) is 3.39. The molecule has 1 fully saturated rings. The zero-order valence-corrected chi connectivity index (χ0v) is 24.1. The predicted octanol–water partition coefficient (Wildman–Crippen LogP) is 4.76. The van der Waals surface area contributed by atoms with E-state index >= 15 is 0 Å². The highest BCUT2D eigenvalue weighted by atomic mass is 32.2. The number of hydrogen-bond acceptors (Lipinski definition) is 4. The first-order valence-corrected chi connectivity index (χ1v) is 15.6. The molecule has 1 atom stereocenters. The van der Waals surface area contributed by atoms with E-state index in [0.29, 0.717) is 31.5 Å². The standard InChI is InChI=1S/C30H43N3O4S/c1-5-27(30(35)31-26-16-9-10-17-26)32(22-20-25-14-7-6-8-15-25)29(34)19-12-21-33(38(4,36)37)28-18-11-13-23(2)24(28)3/h6-8,11,13-15,18,26-27H,5,9-10,12,16-17,19-22H2,1-4H3,(H,31,35). The molecule has 1 unspecified atom stereocenters. The molecule has 208 valence electrons. The van der Waals surface area contributed by atoms with E-state index in [-0.39, 0.29) is 30.8 Å². The molecule has 3 rings (SSSR count). The molecule has 2 aromatic rings. The second-order valence-electron chi connectivity index (χ2n) is 10.4. The molecule has 1 N–H and O–H groups in total. The van der Waals surface area contributed by atoms with Crippen molar-refractivity contribution in [2.75, 3.05) is 23.7 Å². The maximum absolute atomic E-state index is 13.6. The number of sulfonamides is 1. The smallest absolute Gasteiger partial charge is 0.243 e. The van der Waals surface area contributed by atoms with Crippen molar-refractivity contribution in [3.8, 4) is 0 Å². The van der Waals surface area contributed by atoms with Crippen molar-refractivity contribution in [2.24, 2.45) is 0 Å². The molecule has 0 aliphatic heterocycles. The van der Waals surface area contributed by atoms with E-state index in [9.17, 15) is 18.0 Å². The molecule has 38 heavy (non-hydrogen) atoms. The maximum Gasteiger partial charge on any atom is 0.243 e. The molecule has 8 heteroatoms. The van der Waals surface area contributed by atoms with Crippen molar-refractivity contribution in [1.82, 2.24) is 10.2 Å². The molecule has 1 aliphatic carbocycles. The van der Waals surface area contributed by atoms with E-state index in [0.717, 1.165) is 42.4 Å². The minimum absolute atomic E-state index is 0.0889. The number of benzene rings is 2. The number of rotatable bonds is 13. The van der Waals surface area contributed by atoms with Gasteiger partial charge in [0, 0.05) is 25.6 Å². The Kier molecular flexibility index (Phi) is 10.8. The molecular weight excluding hydrogens is 498 g/mol. The van der Waals surface area contributed by atoms with Gasteiger partial charge in [0.05, 0.1) is 11.9 Å². The topological polar surface area (TPSA) is 86.8 Å². The zero-order chi connectivity index (χ0) is 27.7. The summed E-state index contributed by atoms with van der Waals surface area (Å²) in [5, 5.41) is 3.17. The summed E-state index contributed by atoms with van der Waals surface area (Å²) >= 11 is 0. The molecule has 0 aromatic heterocycles. The lowest BCUT2D eigenvalue weighted by molar-refractivity contribution is -0.141. The highest BCUT2D eigenvalue weighted by molar-refractivity contribution is 7.92. The van der Waals surface area contributed by atoms with Gasteiger partial charge in [-0.15, -0.1) is 0 Å². The lowest BCUT2D eigenvalue weighted by atomic mass is 10.1. The maximum atomic E-state index is 13.6. The van der Waals surface area contributed by atoms with Gasteiger partial charge in [0.25, 0.3) is 0 Å². The van der Waals surface area contributed by atoms with Crippen LogP contribution in [0.15, 0.2) is 48.5 Å². The Hall–Kier alpha value is -2.87. The molecule has 0 saturated heterocycles. The average molecular weight is 542 g/mol. The van der Waals surface area contributed by atoms with Crippen LogP contribution in [0.25, 0.3) is 0 Å². The number of aryl methyl sites for hydroxylation is 1. The Bertz CT molecular complexity index is 1180. The highest BCUT2D eigenvalue weighted by Crippen LogP contribution is 2.25. The monoisotopic (exact) mass is 541 g/mol. The van der Waals surface area contributed by atoms with E-state index in [1.807, 2.05) is 63.2 Å². The summed E-state index contributed by atoms with van der Waals surface area (Å²) < 4.78 is 26.7. The number of nitrogens with one attached hydrogen (secondary N) is 1. The quantitative estimate of drug-likeness (QED) is 0.396. The van der Waals surface area contributed by atoms with Crippen LogP contribution in [0.3, 0.4) is 0 Å². The fourth-order valence-corrected chi connectivity index (χ4v) is 6.27. The molecule has 0 radical (unpaired) electrons. The van der Waals surface area contributed by atoms with Crippen molar-refractivity contribution in [1.29, 1.82) is 0 Å². The molecule has 1 saturated carbocycles. The Morgan fingerprint density at radius 1 is 1.00 bits per heavy atom. The van der Waals surface area contributed by atoms with Crippen LogP contribution in [0.5, 0.6) is 0 Å². The molecule has 2 aromatic carbocycles. The zero-order valence-electron chi connectivity index (χ0n) is 23.3. The summed E-state index contributed by atoms with van der Waals surface area (Å²) in [6.45, 7) is 6.44. The Labute approximate surface area is 228 Å². The van der Waals surface area contributed by atoms with Gasteiger partial charge < -0.3 is 10.2 Å². The van der Waals surface area contributed by atoms with Crippen molar-refractivity contribution in [3.05, 3.63) is 65.2 Å². The van der Waals surface area contributed by atoms with Crippen LogP contribution < -0.4 is 9.62 Å². The SMILES string of the molecule is CCC(C(=O)NC1CCCC1)N(CCc1ccccc1)C(=O)CCCN(c1cccc(C)c1C)S(C)(=O)=O. The van der Waals surface area contributed by atoms with Crippen LogP contribution in [0, 0.1) is 13.8 Å². The van der Waals surface area contributed by atoms with Crippen molar-refractivity contribution >= 4 is 27.5 Å². The second-order valence-corrected chi connectivity index (χ2v) is 12.3. The van der Waals surface area contributed by atoms with Crippen molar-refractivity contribution in [3.63, 3.8) is 0 Å². The fourth-order valence-electron chi connectivity index (χ4n) is 5.25. The molecule has 0 spiro atoms. The van der Waals surface area contributed by atoms with Gasteiger partial charge in [-0.2, -0.15) is 0 Å². The van der Waals surface area contributed by atoms with Gasteiger partial charge in [-0.05, 0) is 68.7 Å². The van der Waals surface area contributed by atoms with Crippen LogP contribution >= 0.6 is 0 Å². The largest absolute Gasteiger partial charge is 0.352 e. The molecule has 0 heterocycles. The van der Waals surface area contributed by atoms with E-state index in [2.05, 4.69) is 5.32 Å². The number of nitrogens with zero attached hydrogens (tertiary/aromatic N) is 2. The number of carbonyl (C=O) groups excluding carboxylic acids is 2. The third kappa shape index (κ3) is 8.06. The first-order chi connectivity index (χ1) is 18.1. The summed E-state index contributed by atoms with van der Waals surface area (Å²) in [5.74, 6) is -0.210. The summed E-state index contributed by atoms with van der Waals surface area (Å²) in [7, 11) is -3.53. The minimum Gasteiger partial charge on any atom is -0.352 e. The summed E-state index contributed by atoms with van der Waals surface area (Å²) in [6.07, 6.45) is 7.11. The van der Waals surface area contributed by atoms with Crippen LogP contribution in [0.2, 0.25) is 0 Å². The van der Waals surface area contributed by atoms with Crippen molar-refractivity contribution < 1.29 is 18.0 Å². The third-order valence-corrected chi connectivity index (χ3v) is 8.75. The molecule has 1 aliphatic rings. The Morgan fingerprint density at radius 2 is 1.68 bits per heavy atom. The number of anilines is 1. The summed E-state index contributed by atoms with van der Waals surface area (Å²) in [4.78, 5) is 28.5. The second kappa shape index (κ2) is 13.8. The van der Waals surface area contributed by atoms with Crippen LogP contribution in [0.1, 0.15) is 68.6 Å². The fraction of sp³-hybridized carbons (Fsp3) is 0.533. The van der Waals surface area contributed by atoms with E-state index in [1.165, 1.54) is 10.6 Å². The highest BCUT2D eigenvalue weighted by Gasteiger charge is 2.30. The number of hydrogen-bond donors (Lipinski definition) is 1. The van der Waals surface area contributed by atoms with Crippen LogP contribution in [-0.2, 0) is 26.0 Å². The van der Waals surface area contributed by atoms with E-state index < -0.39 is 16.1 Å². The van der Waals surface area contributed by atoms with Crippen LogP contribution in [-0.4, -0.2) is 56.6 Å². The third-order valence-electron chi connectivity index (χ3n) is 7.57. The summed E-state index contributed by atoms with van der Waals surface area (Å²) in [5.41, 5.74) is 3.67. The Balaban J connectivity index is 1.73. The van der Waals surface area contributed by atoms with Crippen LogP contribution in [0.4, 0.5) is 5.69 Å². The molecular formula is C30H43N3O4S. The molecule has 2 amide bonds. The molecule has 0 bridgehead atoms. The minimum atomic E-state index is -3.53. The number of amides is 2. The van der Waals surface area contributed by atoms with E-state index in [1.54, 1.807) is 11.0 Å². The number of carbonyl (C=O) groups is 2. The normalized spacial score (nSPS) is 14.7. The van der Waals surface area contributed by atoms with Gasteiger partial charge in [0.1, 0.15) is 6.04 Å². The first-order valence-electron chi connectivity index (χ1n) is 13.8. The van der Waals surface area contributed by atoms with Gasteiger partial charge in [-0.25, -0.2) is 8.42 Å². The van der Waals surface area contributed by atoms with Gasteiger partial charge >= 0.3 is 0 Å². The van der Waals surface area contributed by atoms with Gasteiger partial charge in [-0.3, -0.25) is 13.9 Å². The summed E-state index contributed by atoms with van der Waals surface area (Å²) in [6, 6.07) is 15.2. The first kappa shape index (κ1) is 29.7. The van der Waals surface area contributed by atoms with Gasteiger partial charge in [0.15, 0.2) is 0 Å². The molecule has 7 nitrogen and oxygen atoms in total. The predicted molar refractivity (Wildman–Crippen MR) is 154 cm³/mol. The van der Waals surface area contributed by atoms with Gasteiger partial charge in [0.2, 0.25) is 21.8 Å².